The Hall–Kier alpha value is -2.08. The third-order valence-electron chi connectivity index (χ3n) is 3.25. The molecule has 0 atom stereocenters. The maximum absolute atomic E-state index is 10.8. The van der Waals surface area contributed by atoms with Crippen LogP contribution in [0.25, 0.3) is 10.9 Å². The van der Waals surface area contributed by atoms with Crippen LogP contribution in [0.4, 0.5) is 0 Å². The van der Waals surface area contributed by atoms with E-state index >= 15 is 0 Å². The van der Waals surface area contributed by atoms with E-state index in [4.69, 9.17) is 9.63 Å². The summed E-state index contributed by atoms with van der Waals surface area (Å²) < 4.78 is 8.17. The Morgan fingerprint density at radius 3 is 2.90 bits per heavy atom. The van der Waals surface area contributed by atoms with Gasteiger partial charge in [-0.05, 0) is 28.9 Å². The number of halogens is 1. The van der Waals surface area contributed by atoms with Gasteiger partial charge in [-0.3, -0.25) is 0 Å². The zero-order valence-electron chi connectivity index (χ0n) is 10.6. The van der Waals surface area contributed by atoms with Crippen molar-refractivity contribution >= 4 is 32.8 Å². The smallest absolute Gasteiger partial charge is 0.358 e. The van der Waals surface area contributed by atoms with E-state index in [1.54, 1.807) is 0 Å². The van der Waals surface area contributed by atoms with Crippen LogP contribution in [0.2, 0.25) is 0 Å². The molecule has 0 saturated heterocycles. The molecule has 6 heteroatoms. The number of carboxylic acids is 1. The van der Waals surface area contributed by atoms with Crippen LogP contribution in [-0.2, 0) is 6.54 Å². The molecule has 5 nitrogen and oxygen atoms in total. The van der Waals surface area contributed by atoms with E-state index < -0.39 is 5.97 Å². The Morgan fingerprint density at radius 2 is 2.20 bits per heavy atom. The molecule has 1 N–H and O–H groups in total. The minimum atomic E-state index is -1.09. The quantitative estimate of drug-likeness (QED) is 0.796. The highest BCUT2D eigenvalue weighted by atomic mass is 79.9. The van der Waals surface area contributed by atoms with Gasteiger partial charge >= 0.3 is 5.97 Å². The summed E-state index contributed by atoms with van der Waals surface area (Å²) in [6, 6.07) is 9.44. The number of fused-ring (bicyclic) bond motifs is 1. The number of para-hydroxylation sites is 1. The number of benzene rings is 1. The van der Waals surface area contributed by atoms with Crippen molar-refractivity contribution in [2.75, 3.05) is 0 Å². The number of rotatable bonds is 3. The van der Waals surface area contributed by atoms with Crippen molar-refractivity contribution in [3.8, 4) is 0 Å². The Kier molecular flexibility index (Phi) is 3.10. The predicted molar refractivity (Wildman–Crippen MR) is 76.9 cm³/mol. The summed E-state index contributed by atoms with van der Waals surface area (Å²) in [5.41, 5.74) is 2.04. The molecule has 2 heterocycles. The van der Waals surface area contributed by atoms with Gasteiger partial charge in [-0.15, -0.1) is 0 Å². The molecule has 0 radical (unpaired) electrons. The van der Waals surface area contributed by atoms with Gasteiger partial charge in [-0.2, -0.15) is 0 Å². The van der Waals surface area contributed by atoms with Crippen molar-refractivity contribution in [1.82, 2.24) is 9.72 Å². The fourth-order valence-electron chi connectivity index (χ4n) is 2.24. The zero-order valence-corrected chi connectivity index (χ0v) is 12.2. The number of carbonyl (C=O) groups is 1. The Balaban J connectivity index is 2.06. The Labute approximate surface area is 122 Å². The second-order valence-corrected chi connectivity index (χ2v) is 5.28. The second kappa shape index (κ2) is 4.79. The van der Waals surface area contributed by atoms with E-state index in [1.165, 1.54) is 6.07 Å². The molecule has 0 unspecified atom stereocenters. The number of hydrogen-bond acceptors (Lipinski definition) is 3. The Morgan fingerprint density at radius 1 is 1.45 bits per heavy atom. The van der Waals surface area contributed by atoms with Gasteiger partial charge in [0.25, 0.3) is 0 Å². The minimum Gasteiger partial charge on any atom is -0.476 e. The topological polar surface area (TPSA) is 68.3 Å². The summed E-state index contributed by atoms with van der Waals surface area (Å²) in [5, 5.41) is 13.5. The van der Waals surface area contributed by atoms with Crippen LogP contribution in [0.5, 0.6) is 0 Å². The second-order valence-electron chi connectivity index (χ2n) is 4.49. The van der Waals surface area contributed by atoms with Crippen molar-refractivity contribution < 1.29 is 14.4 Å². The van der Waals surface area contributed by atoms with Gasteiger partial charge in [0.05, 0.1) is 6.54 Å². The third kappa shape index (κ3) is 2.02. The molecule has 0 bridgehead atoms. The average Bonchev–Trinajstić information content (AvgIpc) is 3.00. The first-order valence-electron chi connectivity index (χ1n) is 6.00. The van der Waals surface area contributed by atoms with Gasteiger partial charge in [0, 0.05) is 27.1 Å². The average molecular weight is 335 g/mol. The monoisotopic (exact) mass is 334 g/mol. The lowest BCUT2D eigenvalue weighted by Gasteiger charge is -2.05. The Bertz CT molecular complexity index is 804. The minimum absolute atomic E-state index is 0.0758. The van der Waals surface area contributed by atoms with Crippen molar-refractivity contribution in [2.24, 2.45) is 0 Å². The SMILES string of the molecule is Cc1c(Br)c2ccccc2n1Cc1cc(C(=O)O)no1. The van der Waals surface area contributed by atoms with E-state index in [1.807, 2.05) is 31.2 Å². The fraction of sp³-hybridized carbons (Fsp3) is 0.143. The molecule has 1 aromatic carbocycles. The first kappa shape index (κ1) is 12.9. The molecular formula is C14H11BrN2O3. The van der Waals surface area contributed by atoms with Crippen molar-refractivity contribution in [1.29, 1.82) is 0 Å². The molecular weight excluding hydrogens is 324 g/mol. The molecule has 3 aromatic rings. The number of hydrogen-bond donors (Lipinski definition) is 1. The molecule has 0 amide bonds. The summed E-state index contributed by atoms with van der Waals surface area (Å²) >= 11 is 3.58. The lowest BCUT2D eigenvalue weighted by Crippen LogP contribution is -2.00. The van der Waals surface area contributed by atoms with E-state index in [0.717, 1.165) is 21.1 Å². The van der Waals surface area contributed by atoms with Gasteiger partial charge in [0.2, 0.25) is 0 Å². The first-order chi connectivity index (χ1) is 9.58. The summed E-state index contributed by atoms with van der Waals surface area (Å²) in [4.78, 5) is 10.8. The molecule has 0 aliphatic heterocycles. The lowest BCUT2D eigenvalue weighted by atomic mass is 10.2. The zero-order chi connectivity index (χ0) is 14.3. The van der Waals surface area contributed by atoms with E-state index in [0.29, 0.717) is 12.3 Å². The van der Waals surface area contributed by atoms with Gasteiger partial charge in [-0.1, -0.05) is 23.4 Å². The highest BCUT2D eigenvalue weighted by Gasteiger charge is 2.15. The molecule has 0 aliphatic rings. The molecule has 0 fully saturated rings. The highest BCUT2D eigenvalue weighted by Crippen LogP contribution is 2.31. The standard InChI is InChI=1S/C14H11BrN2O3/c1-8-13(15)10-4-2-3-5-12(10)17(8)7-9-6-11(14(18)19)16-20-9/h2-6H,7H2,1H3,(H,18,19). The maximum atomic E-state index is 10.8. The maximum Gasteiger partial charge on any atom is 0.358 e. The largest absolute Gasteiger partial charge is 0.476 e. The van der Waals surface area contributed by atoms with Crippen molar-refractivity contribution in [3.05, 3.63) is 52.0 Å². The van der Waals surface area contributed by atoms with E-state index in [9.17, 15) is 4.79 Å². The summed E-state index contributed by atoms with van der Waals surface area (Å²) in [6.07, 6.45) is 0. The molecule has 2 aromatic heterocycles. The van der Waals surface area contributed by atoms with Crippen LogP contribution in [0, 0.1) is 6.92 Å². The predicted octanol–water partition coefficient (Wildman–Crippen LogP) is 3.45. The third-order valence-corrected chi connectivity index (χ3v) is 4.25. The molecule has 0 spiro atoms. The van der Waals surface area contributed by atoms with Gasteiger partial charge in [-0.25, -0.2) is 4.79 Å². The van der Waals surface area contributed by atoms with Crippen LogP contribution >= 0.6 is 15.9 Å². The van der Waals surface area contributed by atoms with Gasteiger partial charge < -0.3 is 14.2 Å². The number of nitrogens with zero attached hydrogens (tertiary/aromatic N) is 2. The number of aromatic nitrogens is 2. The highest BCUT2D eigenvalue weighted by molar-refractivity contribution is 9.10. The molecule has 20 heavy (non-hydrogen) atoms. The summed E-state index contributed by atoms with van der Waals surface area (Å²) in [5.74, 6) is -0.575. The lowest BCUT2D eigenvalue weighted by molar-refractivity contribution is 0.0685. The molecule has 0 aliphatic carbocycles. The van der Waals surface area contributed by atoms with Gasteiger partial charge in [0.1, 0.15) is 0 Å². The molecule has 0 saturated carbocycles. The summed E-state index contributed by atoms with van der Waals surface area (Å²) in [6.45, 7) is 2.44. The number of aromatic carboxylic acids is 1. The van der Waals surface area contributed by atoms with Crippen LogP contribution < -0.4 is 0 Å². The van der Waals surface area contributed by atoms with E-state index in [-0.39, 0.29) is 5.69 Å². The number of carboxylic acid groups (broad SMARTS) is 1. The first-order valence-corrected chi connectivity index (χ1v) is 6.79. The fourth-order valence-corrected chi connectivity index (χ4v) is 2.79. The van der Waals surface area contributed by atoms with Crippen LogP contribution in [-0.4, -0.2) is 20.8 Å². The van der Waals surface area contributed by atoms with Crippen molar-refractivity contribution in [2.45, 2.75) is 13.5 Å². The van der Waals surface area contributed by atoms with Gasteiger partial charge in [0.15, 0.2) is 11.5 Å². The summed E-state index contributed by atoms with van der Waals surface area (Å²) in [7, 11) is 0. The normalized spacial score (nSPS) is 11.1. The van der Waals surface area contributed by atoms with Crippen LogP contribution in [0.15, 0.2) is 39.3 Å². The van der Waals surface area contributed by atoms with Crippen LogP contribution in [0.3, 0.4) is 0 Å². The van der Waals surface area contributed by atoms with E-state index in [2.05, 4.69) is 25.7 Å². The van der Waals surface area contributed by atoms with Crippen molar-refractivity contribution in [3.63, 3.8) is 0 Å². The molecule has 102 valence electrons. The molecule has 3 rings (SSSR count). The van der Waals surface area contributed by atoms with Crippen LogP contribution in [0.1, 0.15) is 21.9 Å².